The van der Waals surface area contributed by atoms with Gasteiger partial charge in [0.2, 0.25) is 5.91 Å². The average Bonchev–Trinajstić information content (AvgIpc) is 2.89. The molecule has 0 aromatic carbocycles. The number of piperidine rings is 1. The Balaban J connectivity index is 1.57. The summed E-state index contributed by atoms with van der Waals surface area (Å²) in [5, 5.41) is 0. The van der Waals surface area contributed by atoms with Crippen LogP contribution in [0.3, 0.4) is 0 Å². The fourth-order valence-electron chi connectivity index (χ4n) is 3.28. The maximum Gasteiger partial charge on any atom is 0.257 e. The van der Waals surface area contributed by atoms with E-state index in [-0.39, 0.29) is 19.0 Å². The molecule has 2 unspecified atom stereocenters. The summed E-state index contributed by atoms with van der Waals surface area (Å²) >= 11 is 0. The molecule has 104 valence electrons. The zero-order valence-electron chi connectivity index (χ0n) is 10.7. The van der Waals surface area contributed by atoms with Crippen molar-refractivity contribution in [2.24, 2.45) is 11.8 Å². The summed E-state index contributed by atoms with van der Waals surface area (Å²) < 4.78 is 27.5. The van der Waals surface area contributed by atoms with Gasteiger partial charge in [-0.05, 0) is 31.4 Å². The number of fused-ring (bicyclic) bond motifs is 2. The van der Waals surface area contributed by atoms with Gasteiger partial charge in [0.25, 0.3) is 5.92 Å². The number of hydrogen-bond donors (Lipinski definition) is 1. The Morgan fingerprint density at radius 1 is 1.37 bits per heavy atom. The molecule has 2 fully saturated rings. The number of likely N-dealkylation sites (tertiary alicyclic amines) is 1. The molecule has 1 saturated heterocycles. The fourth-order valence-corrected chi connectivity index (χ4v) is 3.28. The normalized spacial score (nSPS) is 28.6. The maximum absolute atomic E-state index is 13.8. The van der Waals surface area contributed by atoms with Crippen molar-refractivity contribution in [2.45, 2.75) is 31.6 Å². The van der Waals surface area contributed by atoms with Crippen LogP contribution in [0.2, 0.25) is 0 Å². The van der Waals surface area contributed by atoms with Crippen molar-refractivity contribution < 1.29 is 13.6 Å². The Labute approximate surface area is 111 Å². The Morgan fingerprint density at radius 3 is 2.63 bits per heavy atom. The predicted molar refractivity (Wildman–Crippen MR) is 66.9 cm³/mol. The molecule has 0 radical (unpaired) electrons. The quantitative estimate of drug-likeness (QED) is 0.898. The highest BCUT2D eigenvalue weighted by Crippen LogP contribution is 2.48. The van der Waals surface area contributed by atoms with E-state index in [0.717, 1.165) is 5.69 Å². The van der Waals surface area contributed by atoms with Crippen LogP contribution in [-0.4, -0.2) is 34.8 Å². The number of aromatic nitrogens is 1. The topological polar surface area (TPSA) is 36.1 Å². The van der Waals surface area contributed by atoms with E-state index in [1.165, 1.54) is 0 Å². The van der Waals surface area contributed by atoms with Crippen LogP contribution in [0.5, 0.6) is 0 Å². The number of carbonyl (C=O) groups excluding carboxylic acids is 1. The van der Waals surface area contributed by atoms with Gasteiger partial charge in [-0.25, -0.2) is 8.78 Å². The van der Waals surface area contributed by atoms with Crippen LogP contribution in [0.1, 0.15) is 25.0 Å². The number of alkyl halides is 2. The van der Waals surface area contributed by atoms with Crippen LogP contribution >= 0.6 is 0 Å². The van der Waals surface area contributed by atoms with E-state index < -0.39 is 17.8 Å². The largest absolute Gasteiger partial charge is 0.365 e. The zero-order chi connectivity index (χ0) is 13.5. The highest BCUT2D eigenvalue weighted by atomic mass is 19.3. The lowest BCUT2D eigenvalue weighted by molar-refractivity contribution is -0.149. The van der Waals surface area contributed by atoms with E-state index in [1.807, 2.05) is 18.3 Å². The van der Waals surface area contributed by atoms with Crippen molar-refractivity contribution in [1.82, 2.24) is 9.88 Å². The van der Waals surface area contributed by atoms with E-state index in [0.29, 0.717) is 25.7 Å². The smallest absolute Gasteiger partial charge is 0.257 e. The molecule has 1 N–H and O–H groups in total. The highest BCUT2D eigenvalue weighted by Gasteiger charge is 2.56. The molecular weight excluding hydrogens is 250 g/mol. The molecule has 1 aliphatic heterocycles. The Morgan fingerprint density at radius 2 is 2.05 bits per heavy atom. The van der Waals surface area contributed by atoms with Crippen LogP contribution in [0, 0.1) is 11.8 Å². The molecule has 1 aliphatic carbocycles. The van der Waals surface area contributed by atoms with Gasteiger partial charge in [0.1, 0.15) is 0 Å². The van der Waals surface area contributed by atoms with Gasteiger partial charge in [-0.2, -0.15) is 0 Å². The molecular formula is C14H18F2N2O. The SMILES string of the molecule is O=C(CCc1ccc[nH]1)N1CC2CCC(C1)C2(F)F. The number of rotatable bonds is 3. The number of aryl methyl sites for hydroxylation is 1. The second-order valence-electron chi connectivity index (χ2n) is 5.64. The van der Waals surface area contributed by atoms with Crippen LogP contribution in [0.4, 0.5) is 8.78 Å². The lowest BCUT2D eigenvalue weighted by Gasteiger charge is -2.37. The molecule has 19 heavy (non-hydrogen) atoms. The lowest BCUT2D eigenvalue weighted by atomic mass is 9.93. The van der Waals surface area contributed by atoms with Gasteiger partial charge in [-0.15, -0.1) is 0 Å². The van der Waals surface area contributed by atoms with Crippen molar-refractivity contribution in [2.75, 3.05) is 13.1 Å². The molecule has 2 aliphatic rings. The van der Waals surface area contributed by atoms with Crippen molar-refractivity contribution in [3.8, 4) is 0 Å². The third kappa shape index (κ3) is 2.26. The lowest BCUT2D eigenvalue weighted by Crippen LogP contribution is -2.50. The molecule has 2 heterocycles. The second-order valence-corrected chi connectivity index (χ2v) is 5.64. The first-order valence-corrected chi connectivity index (χ1v) is 6.85. The first-order valence-electron chi connectivity index (χ1n) is 6.85. The third-order valence-corrected chi connectivity index (χ3v) is 4.46. The summed E-state index contributed by atoms with van der Waals surface area (Å²) in [4.78, 5) is 16.8. The van der Waals surface area contributed by atoms with E-state index in [2.05, 4.69) is 4.98 Å². The number of halogens is 2. The third-order valence-electron chi connectivity index (χ3n) is 4.46. The minimum atomic E-state index is -2.56. The van der Waals surface area contributed by atoms with E-state index in [1.54, 1.807) is 4.90 Å². The summed E-state index contributed by atoms with van der Waals surface area (Å²) in [7, 11) is 0. The van der Waals surface area contributed by atoms with Crippen molar-refractivity contribution >= 4 is 5.91 Å². The van der Waals surface area contributed by atoms with Gasteiger partial charge in [-0.3, -0.25) is 4.79 Å². The van der Waals surface area contributed by atoms with E-state index in [4.69, 9.17) is 0 Å². The number of amides is 1. The number of H-pyrrole nitrogens is 1. The van der Waals surface area contributed by atoms with Crippen molar-refractivity contribution in [3.05, 3.63) is 24.0 Å². The molecule has 2 atom stereocenters. The van der Waals surface area contributed by atoms with E-state index in [9.17, 15) is 13.6 Å². The van der Waals surface area contributed by atoms with Crippen molar-refractivity contribution in [1.29, 1.82) is 0 Å². The van der Waals surface area contributed by atoms with Crippen LogP contribution in [0.25, 0.3) is 0 Å². The first-order chi connectivity index (χ1) is 9.07. The molecule has 3 rings (SSSR count). The molecule has 2 bridgehead atoms. The second kappa shape index (κ2) is 4.62. The summed E-state index contributed by atoms with van der Waals surface area (Å²) in [5.41, 5.74) is 1.01. The molecule has 1 saturated carbocycles. The van der Waals surface area contributed by atoms with Gasteiger partial charge in [0.05, 0.1) is 0 Å². The fraction of sp³-hybridized carbons (Fsp3) is 0.643. The summed E-state index contributed by atoms with van der Waals surface area (Å²) in [6.45, 7) is 0.458. The van der Waals surface area contributed by atoms with E-state index >= 15 is 0 Å². The number of nitrogens with zero attached hydrogens (tertiary/aromatic N) is 1. The average molecular weight is 268 g/mol. The summed E-state index contributed by atoms with van der Waals surface area (Å²) in [6, 6.07) is 3.82. The number of hydrogen-bond acceptors (Lipinski definition) is 1. The highest BCUT2D eigenvalue weighted by molar-refractivity contribution is 5.76. The maximum atomic E-state index is 13.8. The predicted octanol–water partition coefficient (Wildman–Crippen LogP) is 2.45. The van der Waals surface area contributed by atoms with Gasteiger partial charge < -0.3 is 9.88 Å². The molecule has 1 aromatic heterocycles. The monoisotopic (exact) mass is 268 g/mol. The Hall–Kier alpha value is -1.39. The Bertz CT molecular complexity index is 442. The molecule has 3 nitrogen and oxygen atoms in total. The van der Waals surface area contributed by atoms with Crippen LogP contribution in [0.15, 0.2) is 18.3 Å². The molecule has 0 spiro atoms. The molecule has 5 heteroatoms. The first kappa shape index (κ1) is 12.6. The number of nitrogens with one attached hydrogen (secondary N) is 1. The summed E-state index contributed by atoms with van der Waals surface area (Å²) in [6.07, 6.45) is 3.97. The van der Waals surface area contributed by atoms with Crippen LogP contribution < -0.4 is 0 Å². The van der Waals surface area contributed by atoms with Gasteiger partial charge >= 0.3 is 0 Å². The van der Waals surface area contributed by atoms with Crippen LogP contribution in [-0.2, 0) is 11.2 Å². The molecule has 1 amide bonds. The standard InChI is InChI=1S/C14H18F2N2O/c15-14(16)10-3-4-11(14)9-18(8-10)13(19)6-5-12-2-1-7-17-12/h1-2,7,10-11,17H,3-6,8-9H2. The number of aromatic amines is 1. The minimum Gasteiger partial charge on any atom is -0.365 e. The number of carbonyl (C=O) groups is 1. The van der Waals surface area contributed by atoms with Crippen molar-refractivity contribution in [3.63, 3.8) is 0 Å². The Kier molecular flexibility index (Phi) is 3.07. The minimum absolute atomic E-state index is 0.00185. The van der Waals surface area contributed by atoms with Gasteiger partial charge in [0, 0.05) is 43.2 Å². The summed E-state index contributed by atoms with van der Waals surface area (Å²) in [5.74, 6) is -3.81. The molecule has 1 aromatic rings. The zero-order valence-corrected chi connectivity index (χ0v) is 10.7. The van der Waals surface area contributed by atoms with Gasteiger partial charge in [0.15, 0.2) is 0 Å². The van der Waals surface area contributed by atoms with Gasteiger partial charge in [-0.1, -0.05) is 0 Å².